The summed E-state index contributed by atoms with van der Waals surface area (Å²) in [4.78, 5) is 18.6. The highest BCUT2D eigenvalue weighted by Crippen LogP contribution is 2.41. The van der Waals surface area contributed by atoms with Crippen molar-refractivity contribution in [3.63, 3.8) is 0 Å². The Balaban J connectivity index is 1.44. The first-order chi connectivity index (χ1) is 18.0. The van der Waals surface area contributed by atoms with Gasteiger partial charge >= 0.3 is 0 Å². The van der Waals surface area contributed by atoms with Crippen LogP contribution in [0.15, 0.2) is 115 Å². The van der Waals surface area contributed by atoms with Gasteiger partial charge in [0.2, 0.25) is 5.91 Å². The van der Waals surface area contributed by atoms with E-state index < -0.39 is 5.72 Å². The lowest BCUT2D eigenvalue weighted by atomic mass is 9.79. The molecule has 1 heterocycles. The van der Waals surface area contributed by atoms with E-state index >= 15 is 0 Å². The van der Waals surface area contributed by atoms with Crippen molar-refractivity contribution in [1.82, 2.24) is 4.90 Å². The molecule has 1 fully saturated rings. The number of β-lactam (4-membered cyclic amide) rings is 1. The van der Waals surface area contributed by atoms with Crippen LogP contribution in [0.25, 0.3) is 22.0 Å². The summed E-state index contributed by atoms with van der Waals surface area (Å²) in [5, 5.41) is 11.7. The van der Waals surface area contributed by atoms with Crippen LogP contribution in [0.3, 0.4) is 0 Å². The average Bonchev–Trinajstić information content (AvgIpc) is 2.95. The average molecular weight is 485 g/mol. The van der Waals surface area contributed by atoms with Gasteiger partial charge in [0.1, 0.15) is 0 Å². The maximum absolute atomic E-state index is 13.5. The topological polar surface area (TPSA) is 44.9 Å². The minimum absolute atomic E-state index is 0.104. The molecule has 1 amide bonds. The molecule has 0 spiro atoms. The minimum atomic E-state index is -1.48. The smallest absolute Gasteiger partial charge is 0.231 e. The lowest BCUT2D eigenvalue weighted by molar-refractivity contribution is -0.195. The number of hydrogen-bond donors (Lipinski definition) is 1. The second kappa shape index (κ2) is 10.3. The molecule has 4 aromatic rings. The van der Waals surface area contributed by atoms with E-state index in [4.69, 9.17) is 6.57 Å². The summed E-state index contributed by atoms with van der Waals surface area (Å²) in [6, 6.07) is 34.8. The number of benzene rings is 4. The first-order valence-corrected chi connectivity index (χ1v) is 12.4. The molecule has 37 heavy (non-hydrogen) atoms. The van der Waals surface area contributed by atoms with Crippen molar-refractivity contribution in [2.45, 2.75) is 25.1 Å². The molecule has 3 atom stereocenters. The van der Waals surface area contributed by atoms with Crippen molar-refractivity contribution in [1.29, 1.82) is 0 Å². The van der Waals surface area contributed by atoms with Crippen molar-refractivity contribution in [3.05, 3.63) is 143 Å². The van der Waals surface area contributed by atoms with Gasteiger partial charge in [-0.25, -0.2) is 4.85 Å². The Bertz CT molecular complexity index is 1450. The number of aliphatic hydroxyl groups is 1. The van der Waals surface area contributed by atoms with Gasteiger partial charge in [0.05, 0.1) is 18.5 Å². The zero-order valence-corrected chi connectivity index (χ0v) is 20.7. The van der Waals surface area contributed by atoms with Crippen LogP contribution in [0.4, 0.5) is 5.69 Å². The minimum Gasteiger partial charge on any atom is -0.367 e. The Morgan fingerprint density at radius 3 is 2.22 bits per heavy atom. The highest BCUT2D eigenvalue weighted by Gasteiger charge is 2.53. The molecule has 1 aliphatic rings. The molecule has 0 aliphatic carbocycles. The largest absolute Gasteiger partial charge is 0.367 e. The van der Waals surface area contributed by atoms with E-state index in [9.17, 15) is 9.90 Å². The van der Waals surface area contributed by atoms with Gasteiger partial charge in [0, 0.05) is 5.56 Å². The molecular formula is C33H28N2O2. The van der Waals surface area contributed by atoms with E-state index in [0.29, 0.717) is 17.7 Å². The zero-order valence-electron chi connectivity index (χ0n) is 20.7. The molecule has 1 saturated heterocycles. The molecule has 2 unspecified atom stereocenters. The molecule has 0 saturated carbocycles. The number of hydrogen-bond acceptors (Lipinski definition) is 2. The Morgan fingerprint density at radius 1 is 0.892 bits per heavy atom. The molecule has 0 radical (unpaired) electrons. The monoisotopic (exact) mass is 484 g/mol. The molecule has 1 aliphatic heterocycles. The van der Waals surface area contributed by atoms with Crippen LogP contribution in [0.5, 0.6) is 0 Å². The number of amides is 1. The van der Waals surface area contributed by atoms with Gasteiger partial charge < -0.3 is 10.0 Å². The van der Waals surface area contributed by atoms with Crippen LogP contribution >= 0.6 is 0 Å². The summed E-state index contributed by atoms with van der Waals surface area (Å²) >= 11 is 0. The van der Waals surface area contributed by atoms with E-state index in [1.54, 1.807) is 17.9 Å². The Hall–Kier alpha value is -4.46. The van der Waals surface area contributed by atoms with E-state index in [2.05, 4.69) is 4.85 Å². The Kier molecular flexibility index (Phi) is 6.72. The third kappa shape index (κ3) is 4.95. The number of rotatable bonds is 7. The highest BCUT2D eigenvalue weighted by molar-refractivity contribution is 5.88. The van der Waals surface area contributed by atoms with Gasteiger partial charge in [-0.2, -0.15) is 0 Å². The van der Waals surface area contributed by atoms with Crippen LogP contribution in [-0.2, 0) is 16.9 Å². The van der Waals surface area contributed by atoms with Crippen molar-refractivity contribution in [3.8, 4) is 11.1 Å². The third-order valence-corrected chi connectivity index (χ3v) is 7.05. The SMILES string of the molecule is [C-]#[N+]c1cccc(C[C@H]2C(=O)N(C(C)(O)c3ccc(-c4ccccc4)cc3)C2C=Cc2ccccc2)c1. The van der Waals surface area contributed by atoms with E-state index in [1.807, 2.05) is 115 Å². The van der Waals surface area contributed by atoms with Gasteiger partial charge in [-0.3, -0.25) is 4.79 Å². The number of carbonyl (C=O) groups excluding carboxylic acids is 1. The first-order valence-electron chi connectivity index (χ1n) is 12.4. The quantitative estimate of drug-likeness (QED) is 0.230. The molecule has 1 N–H and O–H groups in total. The second-order valence-corrected chi connectivity index (χ2v) is 9.53. The van der Waals surface area contributed by atoms with Gasteiger partial charge in [0.25, 0.3) is 0 Å². The van der Waals surface area contributed by atoms with Gasteiger partial charge in [0.15, 0.2) is 11.4 Å². The number of likely N-dealkylation sites (tertiary alicyclic amines) is 1. The van der Waals surface area contributed by atoms with E-state index in [1.165, 1.54) is 0 Å². The second-order valence-electron chi connectivity index (χ2n) is 9.53. The zero-order chi connectivity index (χ0) is 25.8. The van der Waals surface area contributed by atoms with Crippen LogP contribution in [0, 0.1) is 12.5 Å². The van der Waals surface area contributed by atoms with Crippen molar-refractivity contribution < 1.29 is 9.90 Å². The lowest BCUT2D eigenvalue weighted by Crippen LogP contribution is -2.67. The van der Waals surface area contributed by atoms with Crippen molar-refractivity contribution in [2.75, 3.05) is 0 Å². The van der Waals surface area contributed by atoms with Crippen LogP contribution in [-0.4, -0.2) is 22.0 Å². The third-order valence-electron chi connectivity index (χ3n) is 7.05. The standard InChI is InChI=1S/C33H28N2O2/c1-33(37,28-19-17-27(18-20-28)26-13-7-4-8-14-26)35-31(21-16-24-10-5-3-6-11-24)30(32(35)36)23-25-12-9-15-29(22-25)34-2/h3-22,30-31,37H,23H2,1H3/t30-,31?,33?/m1/s1. The number of nitrogens with zero attached hydrogens (tertiary/aromatic N) is 2. The molecule has 4 nitrogen and oxygen atoms in total. The summed E-state index contributed by atoms with van der Waals surface area (Å²) in [6.45, 7) is 8.99. The summed E-state index contributed by atoms with van der Waals surface area (Å²) in [7, 11) is 0. The molecule has 0 bridgehead atoms. The van der Waals surface area contributed by atoms with Gasteiger partial charge in [-0.1, -0.05) is 127 Å². The maximum Gasteiger partial charge on any atom is 0.231 e. The predicted octanol–water partition coefficient (Wildman–Crippen LogP) is 6.85. The predicted molar refractivity (Wildman–Crippen MR) is 147 cm³/mol. The first kappa shape index (κ1) is 24.2. The van der Waals surface area contributed by atoms with Gasteiger partial charge in [-0.15, -0.1) is 0 Å². The highest BCUT2D eigenvalue weighted by atomic mass is 16.3. The summed E-state index contributed by atoms with van der Waals surface area (Å²) in [5.41, 5.74) is 3.86. The normalized spacial score (nSPS) is 18.7. The van der Waals surface area contributed by atoms with Crippen molar-refractivity contribution in [2.24, 2.45) is 5.92 Å². The molecular weight excluding hydrogens is 456 g/mol. The van der Waals surface area contributed by atoms with Crippen molar-refractivity contribution >= 4 is 17.7 Å². The number of carbonyl (C=O) groups is 1. The Labute approximate surface area is 218 Å². The fourth-order valence-corrected chi connectivity index (χ4v) is 5.03. The summed E-state index contributed by atoms with van der Waals surface area (Å²) < 4.78 is 0. The fourth-order valence-electron chi connectivity index (χ4n) is 5.03. The summed E-state index contributed by atoms with van der Waals surface area (Å²) in [6.07, 6.45) is 4.51. The van der Waals surface area contributed by atoms with Crippen LogP contribution in [0.2, 0.25) is 0 Å². The van der Waals surface area contributed by atoms with E-state index in [0.717, 1.165) is 22.3 Å². The molecule has 182 valence electrons. The van der Waals surface area contributed by atoms with Gasteiger partial charge in [-0.05, 0) is 30.0 Å². The molecule has 0 aromatic heterocycles. The van der Waals surface area contributed by atoms with Crippen LogP contribution < -0.4 is 0 Å². The molecule has 5 rings (SSSR count). The molecule has 4 heteroatoms. The fraction of sp³-hybridized carbons (Fsp3) is 0.152. The lowest BCUT2D eigenvalue weighted by Gasteiger charge is -2.53. The Morgan fingerprint density at radius 2 is 1.54 bits per heavy atom. The van der Waals surface area contributed by atoms with E-state index in [-0.39, 0.29) is 17.9 Å². The summed E-state index contributed by atoms with van der Waals surface area (Å²) in [5.74, 6) is -0.427. The van der Waals surface area contributed by atoms with Crippen LogP contribution in [0.1, 0.15) is 23.6 Å². The molecule has 4 aromatic carbocycles. The maximum atomic E-state index is 13.5.